The third kappa shape index (κ3) is 5.07. The number of aryl methyl sites for hydroxylation is 1. The van der Waals surface area contributed by atoms with Crippen molar-refractivity contribution in [2.75, 3.05) is 23.0 Å². The molecule has 7 nitrogen and oxygen atoms in total. The van der Waals surface area contributed by atoms with Gasteiger partial charge in [-0.05, 0) is 50.2 Å². The van der Waals surface area contributed by atoms with Crippen molar-refractivity contribution in [3.05, 3.63) is 59.7 Å². The molecule has 8 heteroatoms. The Balaban J connectivity index is 2.22. The number of nitrogens with one attached hydrogen (secondary N) is 1. The SMILES string of the molecule is COC(=O)c1ccc(NC(=O)C(C)N(c2ccc(C)cc2)S(C)(=O)=O)cc1. The van der Waals surface area contributed by atoms with Gasteiger partial charge in [0.15, 0.2) is 0 Å². The average Bonchev–Trinajstić information content (AvgIpc) is 2.62. The van der Waals surface area contributed by atoms with E-state index in [0.29, 0.717) is 16.9 Å². The van der Waals surface area contributed by atoms with Crippen LogP contribution in [0.2, 0.25) is 0 Å². The number of sulfonamides is 1. The van der Waals surface area contributed by atoms with Gasteiger partial charge >= 0.3 is 5.97 Å². The Morgan fingerprint density at radius 3 is 2.07 bits per heavy atom. The number of anilines is 2. The van der Waals surface area contributed by atoms with Gasteiger partial charge in [-0.15, -0.1) is 0 Å². The molecule has 144 valence electrons. The number of carbonyl (C=O) groups is 2. The number of hydrogen-bond donors (Lipinski definition) is 1. The second-order valence-corrected chi connectivity index (χ2v) is 7.99. The summed E-state index contributed by atoms with van der Waals surface area (Å²) in [4.78, 5) is 24.1. The quantitative estimate of drug-likeness (QED) is 0.765. The topological polar surface area (TPSA) is 92.8 Å². The maximum absolute atomic E-state index is 12.6. The lowest BCUT2D eigenvalue weighted by Crippen LogP contribution is -2.45. The van der Waals surface area contributed by atoms with Crippen molar-refractivity contribution in [2.24, 2.45) is 0 Å². The second-order valence-electron chi connectivity index (χ2n) is 6.13. The van der Waals surface area contributed by atoms with Crippen LogP contribution in [0.5, 0.6) is 0 Å². The van der Waals surface area contributed by atoms with E-state index in [0.717, 1.165) is 16.1 Å². The van der Waals surface area contributed by atoms with Crippen molar-refractivity contribution >= 4 is 33.3 Å². The minimum atomic E-state index is -3.68. The molecule has 2 rings (SSSR count). The Morgan fingerprint density at radius 2 is 1.59 bits per heavy atom. The Hall–Kier alpha value is -2.87. The Kier molecular flexibility index (Phi) is 6.22. The van der Waals surface area contributed by atoms with Crippen molar-refractivity contribution in [1.29, 1.82) is 0 Å². The van der Waals surface area contributed by atoms with E-state index in [9.17, 15) is 18.0 Å². The van der Waals surface area contributed by atoms with Crippen molar-refractivity contribution in [1.82, 2.24) is 0 Å². The molecule has 0 aromatic heterocycles. The predicted octanol–water partition coefficient (Wildman–Crippen LogP) is 2.57. The summed E-state index contributed by atoms with van der Waals surface area (Å²) >= 11 is 0. The van der Waals surface area contributed by atoms with E-state index in [2.05, 4.69) is 10.1 Å². The van der Waals surface area contributed by atoms with Crippen LogP contribution in [0.15, 0.2) is 48.5 Å². The molecule has 0 aliphatic carbocycles. The first-order valence-corrected chi connectivity index (χ1v) is 10.0. The summed E-state index contributed by atoms with van der Waals surface area (Å²) in [5.74, 6) is -0.976. The number of hydrogen-bond acceptors (Lipinski definition) is 5. The largest absolute Gasteiger partial charge is 0.465 e. The molecule has 0 radical (unpaired) electrons. The van der Waals surface area contributed by atoms with Gasteiger partial charge in [0, 0.05) is 5.69 Å². The molecule has 2 aromatic carbocycles. The zero-order chi connectivity index (χ0) is 20.2. The van der Waals surface area contributed by atoms with Crippen LogP contribution in [0.25, 0.3) is 0 Å². The summed E-state index contributed by atoms with van der Waals surface area (Å²) < 4.78 is 30.2. The monoisotopic (exact) mass is 390 g/mol. The Morgan fingerprint density at radius 1 is 1.04 bits per heavy atom. The molecule has 1 unspecified atom stereocenters. The minimum absolute atomic E-state index is 0.348. The molecular formula is C19H22N2O5S. The van der Waals surface area contributed by atoms with E-state index in [4.69, 9.17) is 0 Å². The third-order valence-corrected chi connectivity index (χ3v) is 5.19. The van der Waals surface area contributed by atoms with Crippen LogP contribution < -0.4 is 9.62 Å². The first-order valence-electron chi connectivity index (χ1n) is 8.19. The van der Waals surface area contributed by atoms with Crippen LogP contribution >= 0.6 is 0 Å². The number of carbonyl (C=O) groups excluding carboxylic acids is 2. The summed E-state index contributed by atoms with van der Waals surface area (Å²) in [7, 11) is -2.40. The van der Waals surface area contributed by atoms with E-state index in [1.165, 1.54) is 26.2 Å². The van der Waals surface area contributed by atoms with Gasteiger partial charge in [-0.3, -0.25) is 9.10 Å². The number of esters is 1. The molecule has 0 fully saturated rings. The molecule has 0 aliphatic rings. The van der Waals surface area contributed by atoms with Gasteiger partial charge in [0.25, 0.3) is 0 Å². The summed E-state index contributed by atoms with van der Waals surface area (Å²) in [5, 5.41) is 2.66. The highest BCUT2D eigenvalue weighted by Gasteiger charge is 2.29. The Labute approximate surface area is 159 Å². The van der Waals surface area contributed by atoms with Crippen LogP contribution in [0.1, 0.15) is 22.8 Å². The van der Waals surface area contributed by atoms with Crippen molar-refractivity contribution in [3.63, 3.8) is 0 Å². The summed E-state index contributed by atoms with van der Waals surface area (Å²) in [5.41, 5.74) is 2.18. The maximum Gasteiger partial charge on any atom is 0.337 e. The summed E-state index contributed by atoms with van der Waals surface area (Å²) in [6.07, 6.45) is 1.06. The second kappa shape index (κ2) is 8.22. The van der Waals surface area contributed by atoms with Crippen LogP contribution in [0.4, 0.5) is 11.4 Å². The van der Waals surface area contributed by atoms with Crippen molar-refractivity contribution in [3.8, 4) is 0 Å². The van der Waals surface area contributed by atoms with E-state index >= 15 is 0 Å². The van der Waals surface area contributed by atoms with E-state index in [-0.39, 0.29) is 0 Å². The number of ether oxygens (including phenoxy) is 1. The zero-order valence-corrected chi connectivity index (χ0v) is 16.4. The molecule has 27 heavy (non-hydrogen) atoms. The fourth-order valence-electron chi connectivity index (χ4n) is 2.55. The van der Waals surface area contributed by atoms with E-state index < -0.39 is 27.9 Å². The fourth-order valence-corrected chi connectivity index (χ4v) is 3.73. The molecule has 1 atom stereocenters. The smallest absolute Gasteiger partial charge is 0.337 e. The van der Waals surface area contributed by atoms with Gasteiger partial charge in [0.1, 0.15) is 6.04 Å². The van der Waals surface area contributed by atoms with Gasteiger partial charge in [0.05, 0.1) is 24.6 Å². The van der Waals surface area contributed by atoms with E-state index in [1.807, 2.05) is 6.92 Å². The van der Waals surface area contributed by atoms with Crippen LogP contribution in [0.3, 0.4) is 0 Å². The van der Waals surface area contributed by atoms with Gasteiger partial charge in [-0.25, -0.2) is 13.2 Å². The number of benzene rings is 2. The predicted molar refractivity (Wildman–Crippen MR) is 104 cm³/mol. The molecule has 0 aliphatic heterocycles. The molecule has 0 spiro atoms. The number of amides is 1. The molecule has 0 bridgehead atoms. The average molecular weight is 390 g/mol. The molecular weight excluding hydrogens is 368 g/mol. The summed E-state index contributed by atoms with van der Waals surface area (Å²) in [6, 6.07) is 12.0. The number of rotatable bonds is 6. The zero-order valence-electron chi connectivity index (χ0n) is 15.6. The van der Waals surface area contributed by atoms with E-state index in [1.54, 1.807) is 36.4 Å². The highest BCUT2D eigenvalue weighted by molar-refractivity contribution is 7.92. The lowest BCUT2D eigenvalue weighted by atomic mass is 10.2. The van der Waals surface area contributed by atoms with Gasteiger partial charge in [-0.1, -0.05) is 17.7 Å². The Bertz CT molecular complexity index is 922. The first-order chi connectivity index (χ1) is 12.6. The summed E-state index contributed by atoms with van der Waals surface area (Å²) in [6.45, 7) is 3.40. The van der Waals surface area contributed by atoms with Crippen LogP contribution in [-0.2, 0) is 19.6 Å². The normalized spacial score (nSPS) is 12.1. The van der Waals surface area contributed by atoms with Gasteiger partial charge in [0.2, 0.25) is 15.9 Å². The third-order valence-electron chi connectivity index (χ3n) is 3.95. The highest BCUT2D eigenvalue weighted by atomic mass is 32.2. The molecule has 0 heterocycles. The maximum atomic E-state index is 12.6. The molecule has 1 amide bonds. The molecule has 0 saturated carbocycles. The lowest BCUT2D eigenvalue weighted by Gasteiger charge is -2.28. The first kappa shape index (κ1) is 20.4. The highest BCUT2D eigenvalue weighted by Crippen LogP contribution is 2.22. The fraction of sp³-hybridized carbons (Fsp3) is 0.263. The lowest BCUT2D eigenvalue weighted by molar-refractivity contribution is -0.116. The minimum Gasteiger partial charge on any atom is -0.465 e. The standard InChI is InChI=1S/C19H22N2O5S/c1-13-5-11-17(12-6-13)21(27(4,24)25)14(2)18(22)20-16-9-7-15(8-10-16)19(23)26-3/h5-12,14H,1-4H3,(H,20,22). The molecule has 0 saturated heterocycles. The van der Waals surface area contributed by atoms with Gasteiger partial charge < -0.3 is 10.1 Å². The molecule has 1 N–H and O–H groups in total. The van der Waals surface area contributed by atoms with Crippen molar-refractivity contribution in [2.45, 2.75) is 19.9 Å². The van der Waals surface area contributed by atoms with Crippen molar-refractivity contribution < 1.29 is 22.7 Å². The van der Waals surface area contributed by atoms with Crippen LogP contribution in [-0.4, -0.2) is 39.7 Å². The van der Waals surface area contributed by atoms with Crippen LogP contribution in [0, 0.1) is 6.92 Å². The number of methoxy groups -OCH3 is 1. The number of nitrogens with zero attached hydrogens (tertiary/aromatic N) is 1. The molecule has 2 aromatic rings. The van der Waals surface area contributed by atoms with Gasteiger partial charge in [-0.2, -0.15) is 0 Å².